The van der Waals surface area contributed by atoms with Crippen molar-refractivity contribution in [3.63, 3.8) is 0 Å². The van der Waals surface area contributed by atoms with Gasteiger partial charge < -0.3 is 8.37 Å². The summed E-state index contributed by atoms with van der Waals surface area (Å²) in [5, 5.41) is 0. The van der Waals surface area contributed by atoms with E-state index in [4.69, 9.17) is 8.37 Å². The molecule has 8 heteroatoms. The molecule has 0 aliphatic heterocycles. The lowest BCUT2D eigenvalue weighted by molar-refractivity contribution is 0.465. The summed E-state index contributed by atoms with van der Waals surface area (Å²) in [4.78, 5) is 0.0808. The Morgan fingerprint density at radius 1 is 0.514 bits per heavy atom. The third-order valence-electron chi connectivity index (χ3n) is 6.14. The quantitative estimate of drug-likeness (QED) is 0.251. The van der Waals surface area contributed by atoms with Crippen LogP contribution in [0, 0.1) is 13.8 Å². The predicted octanol–water partition coefficient (Wildman–Crippen LogP) is 6.16. The van der Waals surface area contributed by atoms with Gasteiger partial charge in [0.2, 0.25) is 0 Å². The third kappa shape index (κ3) is 5.70. The summed E-state index contributed by atoms with van der Waals surface area (Å²) >= 11 is 0. The number of hydrogen-bond donors (Lipinski definition) is 0. The molecule has 0 saturated heterocycles. The van der Waals surface area contributed by atoms with Crippen LogP contribution in [0.25, 0.3) is 0 Å². The van der Waals surface area contributed by atoms with Crippen LogP contribution in [0.3, 0.4) is 0 Å². The zero-order valence-electron chi connectivity index (χ0n) is 21.0. The molecule has 192 valence electrons. The third-order valence-corrected chi connectivity index (χ3v) is 8.64. The van der Waals surface area contributed by atoms with Gasteiger partial charge in [-0.2, -0.15) is 16.8 Å². The molecule has 0 atom stereocenters. The zero-order chi connectivity index (χ0) is 26.8. The van der Waals surface area contributed by atoms with E-state index in [1.165, 1.54) is 24.3 Å². The highest BCUT2D eigenvalue weighted by molar-refractivity contribution is 7.87. The molecule has 0 aliphatic carbocycles. The van der Waals surface area contributed by atoms with Gasteiger partial charge in [-0.05, 0) is 50.2 Å². The lowest BCUT2D eigenvalue weighted by Crippen LogP contribution is -2.23. The molecular formula is C29H28O6S2. The van der Waals surface area contributed by atoms with E-state index in [1.807, 2.05) is 27.7 Å². The molecule has 0 bridgehead atoms. The van der Waals surface area contributed by atoms with Gasteiger partial charge in [-0.15, -0.1) is 0 Å². The fourth-order valence-corrected chi connectivity index (χ4v) is 5.89. The minimum Gasteiger partial charge on any atom is -0.379 e. The van der Waals surface area contributed by atoms with Crippen LogP contribution in [0.15, 0.2) is 107 Å². The standard InChI is InChI=1S/C29H28O6S2/c1-21-13-17-23(18-14-21)36(30,31)34-27-11-7-5-9-25(27)29(3,4)26-10-6-8-12-28(26)35-37(32,33)24-19-15-22(2)16-20-24/h5-20H,1-4H3. The summed E-state index contributed by atoms with van der Waals surface area (Å²) in [6.07, 6.45) is 0. The van der Waals surface area contributed by atoms with Crippen molar-refractivity contribution in [2.24, 2.45) is 0 Å². The molecule has 0 amide bonds. The van der Waals surface area contributed by atoms with Crippen molar-refractivity contribution in [3.05, 3.63) is 119 Å². The fourth-order valence-electron chi connectivity index (χ4n) is 4.00. The van der Waals surface area contributed by atoms with E-state index >= 15 is 0 Å². The Morgan fingerprint density at radius 3 is 1.19 bits per heavy atom. The van der Waals surface area contributed by atoms with Crippen LogP contribution in [0.5, 0.6) is 11.5 Å². The molecule has 37 heavy (non-hydrogen) atoms. The number of hydrogen-bond acceptors (Lipinski definition) is 6. The molecule has 4 aromatic rings. The molecule has 0 fully saturated rings. The van der Waals surface area contributed by atoms with Crippen LogP contribution >= 0.6 is 0 Å². The van der Waals surface area contributed by atoms with Crippen molar-refractivity contribution in [1.82, 2.24) is 0 Å². The molecule has 0 radical (unpaired) electrons. The second kappa shape index (κ2) is 10.0. The van der Waals surface area contributed by atoms with Crippen molar-refractivity contribution in [1.29, 1.82) is 0 Å². The van der Waals surface area contributed by atoms with E-state index in [-0.39, 0.29) is 21.3 Å². The van der Waals surface area contributed by atoms with Gasteiger partial charge in [0.15, 0.2) is 0 Å². The van der Waals surface area contributed by atoms with Crippen LogP contribution in [-0.4, -0.2) is 16.8 Å². The van der Waals surface area contributed by atoms with Gasteiger partial charge >= 0.3 is 20.2 Å². The first-order chi connectivity index (χ1) is 17.4. The SMILES string of the molecule is Cc1ccc(S(=O)(=O)Oc2ccccc2C(C)(C)c2ccccc2OS(=O)(=O)c2ccc(C)cc2)cc1. The highest BCUT2D eigenvalue weighted by Gasteiger charge is 2.32. The summed E-state index contributed by atoms with van der Waals surface area (Å²) in [5.74, 6) is 0.286. The minimum absolute atomic E-state index is 0.0404. The monoisotopic (exact) mass is 536 g/mol. The average molecular weight is 537 g/mol. The summed E-state index contributed by atoms with van der Waals surface area (Å²) in [5.41, 5.74) is 2.07. The summed E-state index contributed by atoms with van der Waals surface area (Å²) in [6.45, 7) is 7.45. The van der Waals surface area contributed by atoms with Gasteiger partial charge in [0, 0.05) is 16.5 Å². The second-order valence-corrected chi connectivity index (χ2v) is 12.4. The number of para-hydroxylation sites is 2. The van der Waals surface area contributed by atoms with E-state index in [1.54, 1.807) is 72.8 Å². The van der Waals surface area contributed by atoms with E-state index in [0.717, 1.165) is 11.1 Å². The molecule has 0 spiro atoms. The fraction of sp³-hybridized carbons (Fsp3) is 0.172. The second-order valence-electron chi connectivity index (χ2n) is 9.32. The lowest BCUT2D eigenvalue weighted by atomic mass is 9.77. The van der Waals surface area contributed by atoms with E-state index in [0.29, 0.717) is 11.1 Å². The van der Waals surface area contributed by atoms with Gasteiger partial charge in [0.1, 0.15) is 21.3 Å². The number of aryl methyl sites for hydroxylation is 2. The van der Waals surface area contributed by atoms with Gasteiger partial charge in [0.25, 0.3) is 0 Å². The molecule has 6 nitrogen and oxygen atoms in total. The smallest absolute Gasteiger partial charge is 0.339 e. The number of rotatable bonds is 8. The maximum atomic E-state index is 13.0. The highest BCUT2D eigenvalue weighted by atomic mass is 32.2. The molecule has 0 N–H and O–H groups in total. The normalized spacial score (nSPS) is 12.2. The highest BCUT2D eigenvalue weighted by Crippen LogP contribution is 2.42. The zero-order valence-corrected chi connectivity index (χ0v) is 22.6. The molecule has 0 saturated carbocycles. The van der Waals surface area contributed by atoms with Gasteiger partial charge in [0.05, 0.1) is 0 Å². The van der Waals surface area contributed by atoms with Crippen LogP contribution < -0.4 is 8.37 Å². The number of benzene rings is 4. The Labute approximate surface area is 218 Å². The summed E-state index contributed by atoms with van der Waals surface area (Å²) in [7, 11) is -8.20. The van der Waals surface area contributed by atoms with E-state index < -0.39 is 25.7 Å². The molecule has 0 unspecified atom stereocenters. The van der Waals surface area contributed by atoms with Crippen LogP contribution in [-0.2, 0) is 25.7 Å². The van der Waals surface area contributed by atoms with Gasteiger partial charge in [-0.1, -0.05) is 85.6 Å². The van der Waals surface area contributed by atoms with Crippen LogP contribution in [0.4, 0.5) is 0 Å². The van der Waals surface area contributed by atoms with Gasteiger partial charge in [-0.3, -0.25) is 0 Å². The summed E-state index contributed by atoms with van der Waals surface area (Å²) < 4.78 is 63.4. The summed E-state index contributed by atoms with van der Waals surface area (Å²) in [6, 6.07) is 26.4. The van der Waals surface area contributed by atoms with Crippen molar-refractivity contribution in [2.75, 3.05) is 0 Å². The first-order valence-corrected chi connectivity index (χ1v) is 14.4. The first kappa shape index (κ1) is 26.4. The Hall–Kier alpha value is -3.62. The molecule has 4 rings (SSSR count). The van der Waals surface area contributed by atoms with Crippen molar-refractivity contribution < 1.29 is 25.2 Å². The van der Waals surface area contributed by atoms with Crippen LogP contribution in [0.2, 0.25) is 0 Å². The topological polar surface area (TPSA) is 86.7 Å². The van der Waals surface area contributed by atoms with E-state index in [2.05, 4.69) is 0 Å². The van der Waals surface area contributed by atoms with Crippen molar-refractivity contribution >= 4 is 20.2 Å². The largest absolute Gasteiger partial charge is 0.379 e. The Balaban J connectivity index is 1.73. The Kier molecular flexibility index (Phi) is 7.17. The Bertz CT molecular complexity index is 1500. The molecule has 4 aromatic carbocycles. The maximum Gasteiger partial charge on any atom is 0.339 e. The van der Waals surface area contributed by atoms with Gasteiger partial charge in [-0.25, -0.2) is 0 Å². The Morgan fingerprint density at radius 2 is 0.838 bits per heavy atom. The lowest BCUT2D eigenvalue weighted by Gasteiger charge is -2.29. The predicted molar refractivity (Wildman–Crippen MR) is 143 cm³/mol. The minimum atomic E-state index is -4.10. The van der Waals surface area contributed by atoms with Crippen LogP contribution in [0.1, 0.15) is 36.1 Å². The molecule has 0 aliphatic rings. The maximum absolute atomic E-state index is 13.0. The average Bonchev–Trinajstić information content (AvgIpc) is 2.84. The molecule has 0 heterocycles. The first-order valence-electron chi connectivity index (χ1n) is 11.6. The van der Waals surface area contributed by atoms with Crippen molar-refractivity contribution in [3.8, 4) is 11.5 Å². The molecule has 0 aromatic heterocycles. The molecular weight excluding hydrogens is 508 g/mol. The van der Waals surface area contributed by atoms with Crippen molar-refractivity contribution in [2.45, 2.75) is 42.9 Å². The van der Waals surface area contributed by atoms with E-state index in [9.17, 15) is 16.8 Å².